The second-order valence-electron chi connectivity index (χ2n) is 9.81. The maximum absolute atomic E-state index is 13.1. The Morgan fingerprint density at radius 1 is 0.795 bits per heavy atom. The van der Waals surface area contributed by atoms with E-state index in [-0.39, 0.29) is 11.8 Å². The zero-order chi connectivity index (χ0) is 27.7. The third-order valence-corrected chi connectivity index (χ3v) is 6.89. The van der Waals surface area contributed by atoms with Gasteiger partial charge in [-0.15, -0.1) is 0 Å². The van der Waals surface area contributed by atoms with Gasteiger partial charge in [-0.2, -0.15) is 0 Å². The highest BCUT2D eigenvalue weighted by atomic mass is 16.2. The van der Waals surface area contributed by atoms with Crippen LogP contribution in [0.2, 0.25) is 0 Å². The van der Waals surface area contributed by atoms with Crippen molar-refractivity contribution in [1.82, 2.24) is 4.57 Å². The van der Waals surface area contributed by atoms with Crippen LogP contribution < -0.4 is 20.9 Å². The van der Waals surface area contributed by atoms with E-state index in [0.717, 1.165) is 39.2 Å². The molecule has 0 unspecified atom stereocenters. The highest BCUT2D eigenvalue weighted by molar-refractivity contribution is 6.07. The van der Waals surface area contributed by atoms with Crippen LogP contribution in [0.1, 0.15) is 26.3 Å². The van der Waals surface area contributed by atoms with E-state index in [4.69, 9.17) is 5.73 Å². The standard InChI is InChI=1S/C32H31N5O2/c1-21-19-24(33)7-15-29(21)32(39)36(4)27-11-13-28(14-12-27)37-18-17-23-20-25(8-16-30(23)37)34-31(38)22-5-9-26(10-6-22)35(2)3/h5-20H,33H2,1-4H3,(H,34,38). The fourth-order valence-electron chi connectivity index (χ4n) is 4.62. The number of hydrogen-bond donors (Lipinski definition) is 2. The maximum Gasteiger partial charge on any atom is 0.258 e. The number of carbonyl (C=O) groups is 2. The van der Waals surface area contributed by atoms with Crippen LogP contribution in [0, 0.1) is 6.92 Å². The Morgan fingerprint density at radius 2 is 1.49 bits per heavy atom. The van der Waals surface area contributed by atoms with E-state index in [0.29, 0.717) is 16.8 Å². The summed E-state index contributed by atoms with van der Waals surface area (Å²) in [5, 5.41) is 4.00. The average Bonchev–Trinajstić information content (AvgIpc) is 3.35. The molecule has 0 bridgehead atoms. The number of amides is 2. The minimum absolute atomic E-state index is 0.0881. The Kier molecular flexibility index (Phi) is 6.81. The van der Waals surface area contributed by atoms with E-state index in [1.165, 1.54) is 0 Å². The van der Waals surface area contributed by atoms with Gasteiger partial charge in [-0.1, -0.05) is 0 Å². The SMILES string of the molecule is Cc1cc(N)ccc1C(=O)N(C)c1ccc(-n2ccc3cc(NC(=O)c4ccc(N(C)C)cc4)ccc32)cc1. The summed E-state index contributed by atoms with van der Waals surface area (Å²) in [5.74, 6) is -0.239. The van der Waals surface area contributed by atoms with Gasteiger partial charge in [-0.3, -0.25) is 9.59 Å². The van der Waals surface area contributed by atoms with Crippen LogP contribution in [-0.4, -0.2) is 37.5 Å². The van der Waals surface area contributed by atoms with Crippen molar-refractivity contribution in [1.29, 1.82) is 0 Å². The van der Waals surface area contributed by atoms with Crippen LogP contribution >= 0.6 is 0 Å². The van der Waals surface area contributed by atoms with Gasteiger partial charge >= 0.3 is 0 Å². The highest BCUT2D eigenvalue weighted by Gasteiger charge is 2.16. The number of nitrogens with zero attached hydrogens (tertiary/aromatic N) is 3. The molecular formula is C32H31N5O2. The summed E-state index contributed by atoms with van der Waals surface area (Å²) in [7, 11) is 5.70. The van der Waals surface area contributed by atoms with Crippen LogP contribution in [0.4, 0.5) is 22.7 Å². The lowest BCUT2D eigenvalue weighted by Gasteiger charge is -2.19. The lowest BCUT2D eigenvalue weighted by molar-refractivity contribution is 0.0990. The Bertz CT molecular complexity index is 1670. The van der Waals surface area contributed by atoms with Crippen molar-refractivity contribution in [2.24, 2.45) is 0 Å². The molecule has 2 amide bonds. The van der Waals surface area contributed by atoms with Crippen LogP contribution in [0.3, 0.4) is 0 Å². The van der Waals surface area contributed by atoms with E-state index >= 15 is 0 Å². The first kappa shape index (κ1) is 25.6. The lowest BCUT2D eigenvalue weighted by Crippen LogP contribution is -2.26. The van der Waals surface area contributed by atoms with Gasteiger partial charge in [0.05, 0.1) is 5.52 Å². The van der Waals surface area contributed by atoms with Crippen molar-refractivity contribution in [2.45, 2.75) is 6.92 Å². The second-order valence-corrected chi connectivity index (χ2v) is 9.81. The van der Waals surface area contributed by atoms with Crippen molar-refractivity contribution in [3.8, 4) is 5.69 Å². The molecule has 3 N–H and O–H groups in total. The third kappa shape index (κ3) is 5.20. The first-order valence-electron chi connectivity index (χ1n) is 12.7. The number of nitrogens with two attached hydrogens (primary N) is 1. The Balaban J connectivity index is 1.32. The number of nitrogen functional groups attached to an aromatic ring is 1. The number of carbonyl (C=O) groups excluding carboxylic acids is 2. The molecule has 1 heterocycles. The number of aromatic nitrogens is 1. The molecule has 0 fully saturated rings. The maximum atomic E-state index is 13.1. The van der Waals surface area contributed by atoms with Gasteiger partial charge in [0.1, 0.15) is 0 Å². The molecule has 5 aromatic rings. The summed E-state index contributed by atoms with van der Waals surface area (Å²) in [6, 6.07) is 28.5. The van der Waals surface area contributed by atoms with Crippen LogP contribution in [0.25, 0.3) is 16.6 Å². The molecule has 5 rings (SSSR count). The van der Waals surface area contributed by atoms with Crippen LogP contribution in [0.15, 0.2) is 97.2 Å². The van der Waals surface area contributed by atoms with Gasteiger partial charge < -0.3 is 25.4 Å². The molecule has 39 heavy (non-hydrogen) atoms. The summed E-state index contributed by atoms with van der Waals surface area (Å²) in [6.07, 6.45) is 2.00. The molecule has 7 nitrogen and oxygen atoms in total. The van der Waals surface area contributed by atoms with Crippen molar-refractivity contribution >= 4 is 45.5 Å². The summed E-state index contributed by atoms with van der Waals surface area (Å²) in [5.41, 5.74) is 13.1. The Morgan fingerprint density at radius 3 is 2.15 bits per heavy atom. The Labute approximate surface area is 228 Å². The molecular weight excluding hydrogens is 486 g/mol. The molecule has 196 valence electrons. The van der Waals surface area contributed by atoms with Gasteiger partial charge in [0.2, 0.25) is 0 Å². The minimum atomic E-state index is -0.150. The normalized spacial score (nSPS) is 10.9. The molecule has 0 aliphatic rings. The predicted molar refractivity (Wildman–Crippen MR) is 160 cm³/mol. The van der Waals surface area contributed by atoms with Gasteiger partial charge in [-0.05, 0) is 103 Å². The highest BCUT2D eigenvalue weighted by Crippen LogP contribution is 2.26. The molecule has 0 radical (unpaired) electrons. The topological polar surface area (TPSA) is 83.6 Å². The number of hydrogen-bond acceptors (Lipinski definition) is 4. The number of rotatable bonds is 6. The number of nitrogens with one attached hydrogen (secondary N) is 1. The third-order valence-electron chi connectivity index (χ3n) is 6.89. The van der Waals surface area contributed by atoms with Gasteiger partial charge in [0, 0.05) is 72.3 Å². The largest absolute Gasteiger partial charge is 0.399 e. The van der Waals surface area contributed by atoms with Gasteiger partial charge in [0.25, 0.3) is 11.8 Å². The van der Waals surface area contributed by atoms with Gasteiger partial charge in [-0.25, -0.2) is 0 Å². The second kappa shape index (κ2) is 10.4. The first-order valence-corrected chi connectivity index (χ1v) is 12.7. The van der Waals surface area contributed by atoms with E-state index in [1.54, 1.807) is 30.1 Å². The molecule has 1 aromatic heterocycles. The summed E-state index contributed by atoms with van der Waals surface area (Å²) in [4.78, 5) is 29.4. The van der Waals surface area contributed by atoms with E-state index < -0.39 is 0 Å². The summed E-state index contributed by atoms with van der Waals surface area (Å²) >= 11 is 0. The molecule has 0 aliphatic carbocycles. The monoisotopic (exact) mass is 517 g/mol. The summed E-state index contributed by atoms with van der Waals surface area (Å²) < 4.78 is 2.08. The number of anilines is 4. The quantitative estimate of drug-likeness (QED) is 0.266. The first-order chi connectivity index (χ1) is 18.7. The van der Waals surface area contributed by atoms with Crippen LogP contribution in [-0.2, 0) is 0 Å². The molecule has 7 heteroatoms. The summed E-state index contributed by atoms with van der Waals surface area (Å²) in [6.45, 7) is 1.89. The molecule has 0 saturated heterocycles. The molecule has 0 spiro atoms. The average molecular weight is 518 g/mol. The number of fused-ring (bicyclic) bond motifs is 1. The van der Waals surface area contributed by atoms with Crippen molar-refractivity contribution in [3.05, 3.63) is 114 Å². The van der Waals surface area contributed by atoms with E-state index in [1.807, 2.05) is 105 Å². The zero-order valence-electron chi connectivity index (χ0n) is 22.5. The fourth-order valence-corrected chi connectivity index (χ4v) is 4.62. The number of aryl methyl sites for hydroxylation is 1. The van der Waals surface area contributed by atoms with Crippen molar-refractivity contribution in [2.75, 3.05) is 42.0 Å². The Hall–Kier alpha value is -5.04. The smallest absolute Gasteiger partial charge is 0.258 e. The van der Waals surface area contributed by atoms with Gasteiger partial charge in [0.15, 0.2) is 0 Å². The minimum Gasteiger partial charge on any atom is -0.399 e. The molecule has 0 saturated carbocycles. The molecule has 0 aliphatic heterocycles. The molecule has 0 atom stereocenters. The molecule has 4 aromatic carbocycles. The number of benzene rings is 4. The predicted octanol–water partition coefficient (Wildman–Crippen LogP) is 6.12. The van der Waals surface area contributed by atoms with E-state index in [2.05, 4.69) is 9.88 Å². The fraction of sp³-hybridized carbons (Fsp3) is 0.125. The van der Waals surface area contributed by atoms with E-state index in [9.17, 15) is 9.59 Å². The zero-order valence-corrected chi connectivity index (χ0v) is 22.5. The lowest BCUT2D eigenvalue weighted by atomic mass is 10.1. The van der Waals surface area contributed by atoms with Crippen LogP contribution in [0.5, 0.6) is 0 Å². The van der Waals surface area contributed by atoms with Crippen molar-refractivity contribution in [3.63, 3.8) is 0 Å². The van der Waals surface area contributed by atoms with Crippen molar-refractivity contribution < 1.29 is 9.59 Å².